The van der Waals surface area contributed by atoms with Crippen LogP contribution < -0.4 is 11.5 Å². The Morgan fingerprint density at radius 3 is 2.33 bits per heavy atom. The van der Waals surface area contributed by atoms with Crippen LogP contribution >= 0.6 is 0 Å². The molecule has 1 heterocycles. The van der Waals surface area contributed by atoms with E-state index in [0.29, 0.717) is 13.0 Å². The van der Waals surface area contributed by atoms with E-state index in [9.17, 15) is 9.59 Å². The number of primary amides is 1. The van der Waals surface area contributed by atoms with Crippen molar-refractivity contribution in [3.8, 4) is 0 Å². The van der Waals surface area contributed by atoms with Gasteiger partial charge in [-0.25, -0.2) is 0 Å². The molecular weight excluding hydrogens is 194 g/mol. The highest BCUT2D eigenvalue weighted by molar-refractivity contribution is 5.89. The highest BCUT2D eigenvalue weighted by Crippen LogP contribution is 2.29. The highest BCUT2D eigenvalue weighted by Gasteiger charge is 2.40. The van der Waals surface area contributed by atoms with Gasteiger partial charge in [0.05, 0.1) is 0 Å². The Morgan fingerprint density at radius 1 is 1.20 bits per heavy atom. The second kappa shape index (κ2) is 3.81. The van der Waals surface area contributed by atoms with E-state index in [1.165, 1.54) is 0 Å². The van der Waals surface area contributed by atoms with Gasteiger partial charge in [-0.05, 0) is 25.7 Å². The molecule has 0 aromatic rings. The lowest BCUT2D eigenvalue weighted by Gasteiger charge is -2.40. The third-order valence-corrected chi connectivity index (χ3v) is 3.45. The molecule has 1 aliphatic heterocycles. The van der Waals surface area contributed by atoms with Crippen LogP contribution in [-0.2, 0) is 9.59 Å². The third-order valence-electron chi connectivity index (χ3n) is 3.45. The Morgan fingerprint density at radius 2 is 1.93 bits per heavy atom. The van der Waals surface area contributed by atoms with E-state index < -0.39 is 5.91 Å². The number of nitrogens with two attached hydrogens (primary N) is 2. The molecule has 2 aliphatic rings. The molecule has 1 saturated heterocycles. The molecule has 84 valence electrons. The molecular formula is C10H17N3O2. The summed E-state index contributed by atoms with van der Waals surface area (Å²) in [5.74, 6) is -0.308. The van der Waals surface area contributed by atoms with Crippen molar-refractivity contribution in [3.05, 3.63) is 0 Å². The zero-order valence-corrected chi connectivity index (χ0v) is 8.69. The quantitative estimate of drug-likeness (QED) is 0.626. The third kappa shape index (κ3) is 1.84. The SMILES string of the molecule is NC(=O)C1CCN1C(=O)[C@H]1CC[C@@H](N)C1. The van der Waals surface area contributed by atoms with Gasteiger partial charge in [0.1, 0.15) is 6.04 Å². The number of hydrogen-bond donors (Lipinski definition) is 2. The van der Waals surface area contributed by atoms with Crippen molar-refractivity contribution in [2.24, 2.45) is 17.4 Å². The summed E-state index contributed by atoms with van der Waals surface area (Å²) in [6.45, 7) is 0.665. The van der Waals surface area contributed by atoms with E-state index in [2.05, 4.69) is 0 Å². The first-order chi connectivity index (χ1) is 7.09. The van der Waals surface area contributed by atoms with Gasteiger partial charge >= 0.3 is 0 Å². The van der Waals surface area contributed by atoms with Crippen LogP contribution in [0.15, 0.2) is 0 Å². The minimum Gasteiger partial charge on any atom is -0.368 e. The first-order valence-electron chi connectivity index (χ1n) is 5.45. The Labute approximate surface area is 88.8 Å². The summed E-state index contributed by atoms with van der Waals surface area (Å²) in [4.78, 5) is 24.5. The number of rotatable bonds is 2. The van der Waals surface area contributed by atoms with Crippen molar-refractivity contribution >= 4 is 11.8 Å². The lowest BCUT2D eigenvalue weighted by Crippen LogP contribution is -2.58. The van der Waals surface area contributed by atoms with Crippen LogP contribution in [0.1, 0.15) is 25.7 Å². The van der Waals surface area contributed by atoms with Crippen molar-refractivity contribution < 1.29 is 9.59 Å². The van der Waals surface area contributed by atoms with Crippen molar-refractivity contribution in [3.63, 3.8) is 0 Å². The molecule has 0 radical (unpaired) electrons. The molecule has 1 aliphatic carbocycles. The van der Waals surface area contributed by atoms with Crippen LogP contribution in [-0.4, -0.2) is 35.3 Å². The number of amides is 2. The zero-order valence-electron chi connectivity index (χ0n) is 8.69. The van der Waals surface area contributed by atoms with Gasteiger partial charge in [0.2, 0.25) is 11.8 Å². The first-order valence-corrected chi connectivity index (χ1v) is 5.45. The molecule has 2 rings (SSSR count). The summed E-state index contributed by atoms with van der Waals surface area (Å²) in [6.07, 6.45) is 3.22. The first kappa shape index (κ1) is 10.4. The minimum atomic E-state index is -0.392. The number of carbonyl (C=O) groups excluding carboxylic acids is 2. The van der Waals surface area contributed by atoms with Crippen LogP contribution in [0.3, 0.4) is 0 Å². The molecule has 5 nitrogen and oxygen atoms in total. The van der Waals surface area contributed by atoms with Gasteiger partial charge in [0.15, 0.2) is 0 Å². The smallest absolute Gasteiger partial charge is 0.240 e. The second-order valence-corrected chi connectivity index (χ2v) is 4.51. The van der Waals surface area contributed by atoms with Crippen LogP contribution in [0.2, 0.25) is 0 Å². The summed E-state index contributed by atoms with van der Waals surface area (Å²) in [6, 6.07) is -0.221. The van der Waals surface area contributed by atoms with Crippen molar-refractivity contribution in [2.75, 3.05) is 6.54 Å². The molecule has 2 fully saturated rings. The van der Waals surface area contributed by atoms with Gasteiger partial charge in [-0.1, -0.05) is 0 Å². The van der Waals surface area contributed by atoms with E-state index in [1.807, 2.05) is 0 Å². The van der Waals surface area contributed by atoms with Gasteiger partial charge in [-0.15, -0.1) is 0 Å². The van der Waals surface area contributed by atoms with Crippen LogP contribution in [0, 0.1) is 5.92 Å². The highest BCUT2D eigenvalue weighted by atomic mass is 16.2. The number of nitrogens with zero attached hydrogens (tertiary/aromatic N) is 1. The molecule has 5 heteroatoms. The fourth-order valence-electron chi connectivity index (χ4n) is 2.42. The minimum absolute atomic E-state index is 0.0159. The summed E-state index contributed by atoms with van der Waals surface area (Å²) in [5, 5.41) is 0. The van der Waals surface area contributed by atoms with Crippen LogP contribution in [0.5, 0.6) is 0 Å². The summed E-state index contributed by atoms with van der Waals surface area (Å²) < 4.78 is 0. The summed E-state index contributed by atoms with van der Waals surface area (Å²) in [7, 11) is 0. The Balaban J connectivity index is 1.94. The van der Waals surface area contributed by atoms with E-state index in [4.69, 9.17) is 11.5 Å². The standard InChI is InChI=1S/C10H17N3O2/c11-7-2-1-6(5-7)10(15)13-4-3-8(13)9(12)14/h6-8H,1-5,11H2,(H2,12,14)/t6-,7+,8?/m0/s1. The molecule has 1 saturated carbocycles. The molecule has 0 aromatic carbocycles. The number of carbonyl (C=O) groups is 2. The number of hydrogen-bond acceptors (Lipinski definition) is 3. The predicted molar refractivity (Wildman–Crippen MR) is 54.6 cm³/mol. The lowest BCUT2D eigenvalue weighted by molar-refractivity contribution is -0.149. The molecule has 3 atom stereocenters. The largest absolute Gasteiger partial charge is 0.368 e. The van der Waals surface area contributed by atoms with Crippen LogP contribution in [0.4, 0.5) is 0 Å². The number of likely N-dealkylation sites (tertiary alicyclic amines) is 1. The molecule has 0 spiro atoms. The Bertz CT molecular complexity index is 292. The van der Waals surface area contributed by atoms with Gasteiger partial charge in [-0.2, -0.15) is 0 Å². The van der Waals surface area contributed by atoms with Crippen molar-refractivity contribution in [1.29, 1.82) is 0 Å². The van der Waals surface area contributed by atoms with Gasteiger partial charge in [0, 0.05) is 18.5 Å². The monoisotopic (exact) mass is 211 g/mol. The molecule has 4 N–H and O–H groups in total. The van der Waals surface area contributed by atoms with Crippen molar-refractivity contribution in [1.82, 2.24) is 4.90 Å². The second-order valence-electron chi connectivity index (χ2n) is 4.51. The normalized spacial score (nSPS) is 35.0. The van der Waals surface area contributed by atoms with E-state index in [1.54, 1.807) is 4.90 Å². The molecule has 15 heavy (non-hydrogen) atoms. The average molecular weight is 211 g/mol. The van der Waals surface area contributed by atoms with Gasteiger partial charge in [0.25, 0.3) is 0 Å². The van der Waals surface area contributed by atoms with E-state index in [-0.39, 0.29) is 23.9 Å². The fraction of sp³-hybridized carbons (Fsp3) is 0.800. The summed E-state index contributed by atoms with van der Waals surface area (Å²) >= 11 is 0. The van der Waals surface area contributed by atoms with Gasteiger partial charge < -0.3 is 16.4 Å². The predicted octanol–water partition coefficient (Wildman–Crippen LogP) is -0.800. The van der Waals surface area contributed by atoms with E-state index >= 15 is 0 Å². The van der Waals surface area contributed by atoms with Gasteiger partial charge in [-0.3, -0.25) is 9.59 Å². The molecule has 0 bridgehead atoms. The fourth-order valence-corrected chi connectivity index (χ4v) is 2.42. The Kier molecular flexibility index (Phi) is 2.65. The van der Waals surface area contributed by atoms with Crippen molar-refractivity contribution in [2.45, 2.75) is 37.8 Å². The topological polar surface area (TPSA) is 89.4 Å². The maximum Gasteiger partial charge on any atom is 0.240 e. The molecule has 2 amide bonds. The zero-order chi connectivity index (χ0) is 11.0. The van der Waals surface area contributed by atoms with Crippen LogP contribution in [0.25, 0.3) is 0 Å². The molecule has 1 unspecified atom stereocenters. The maximum atomic E-state index is 12.0. The lowest BCUT2D eigenvalue weighted by atomic mass is 9.97. The Hall–Kier alpha value is -1.10. The molecule has 0 aromatic heterocycles. The summed E-state index contributed by atoms with van der Waals surface area (Å²) in [5.41, 5.74) is 10.9. The van der Waals surface area contributed by atoms with E-state index in [0.717, 1.165) is 19.3 Å². The average Bonchev–Trinajstić information content (AvgIpc) is 2.48. The maximum absolute atomic E-state index is 12.0.